The molecule has 1 aromatic rings. The smallest absolute Gasteiger partial charge is 0.326 e. The van der Waals surface area contributed by atoms with Crippen LogP contribution in [0.4, 0.5) is 4.79 Å². The van der Waals surface area contributed by atoms with Gasteiger partial charge in [-0.05, 0) is 38.2 Å². The molecule has 2 fully saturated rings. The lowest BCUT2D eigenvalue weighted by Gasteiger charge is -2.20. The highest BCUT2D eigenvalue weighted by Crippen LogP contribution is 2.42. The van der Waals surface area contributed by atoms with Gasteiger partial charge in [-0.3, -0.25) is 14.5 Å². The van der Waals surface area contributed by atoms with Gasteiger partial charge in [-0.1, -0.05) is 29.8 Å². The van der Waals surface area contributed by atoms with Crippen LogP contribution in [0.25, 0.3) is 0 Å². The lowest BCUT2D eigenvalue weighted by molar-refractivity contribution is -0.148. The molecule has 2 aliphatic rings. The molecular weight excluding hydrogens is 296 g/mol. The van der Waals surface area contributed by atoms with Crippen molar-refractivity contribution in [2.75, 3.05) is 6.54 Å². The van der Waals surface area contributed by atoms with Gasteiger partial charge in [-0.2, -0.15) is 0 Å². The zero-order valence-corrected chi connectivity index (χ0v) is 13.3. The summed E-state index contributed by atoms with van der Waals surface area (Å²) in [5.74, 6) is -0.751. The van der Waals surface area contributed by atoms with Crippen molar-refractivity contribution in [2.24, 2.45) is 5.92 Å². The summed E-state index contributed by atoms with van der Waals surface area (Å²) in [4.78, 5) is 37.3. The van der Waals surface area contributed by atoms with Crippen molar-refractivity contribution < 1.29 is 19.1 Å². The quantitative estimate of drug-likeness (QED) is 0.663. The molecule has 1 aromatic carbocycles. The van der Waals surface area contributed by atoms with E-state index >= 15 is 0 Å². The molecule has 1 aliphatic heterocycles. The summed E-state index contributed by atoms with van der Waals surface area (Å²) in [6.45, 7) is 3.48. The highest BCUT2D eigenvalue weighted by atomic mass is 16.5. The Hall–Kier alpha value is -2.37. The van der Waals surface area contributed by atoms with Gasteiger partial charge in [-0.25, -0.2) is 4.79 Å². The number of carbonyl (C=O) groups is 3. The summed E-state index contributed by atoms with van der Waals surface area (Å²) < 4.78 is 5.16. The number of rotatable bonds is 5. The zero-order chi connectivity index (χ0) is 16.6. The van der Waals surface area contributed by atoms with Crippen molar-refractivity contribution in [2.45, 2.75) is 38.8 Å². The maximum atomic E-state index is 12.4. The van der Waals surface area contributed by atoms with Crippen LogP contribution in [0, 0.1) is 12.8 Å². The molecule has 1 heterocycles. The van der Waals surface area contributed by atoms with Gasteiger partial charge in [-0.15, -0.1) is 0 Å². The van der Waals surface area contributed by atoms with Gasteiger partial charge in [0.15, 0.2) is 0 Å². The monoisotopic (exact) mass is 316 g/mol. The van der Waals surface area contributed by atoms with E-state index in [1.54, 1.807) is 6.92 Å². The molecule has 122 valence electrons. The highest BCUT2D eigenvalue weighted by molar-refractivity contribution is 6.08. The van der Waals surface area contributed by atoms with E-state index in [0.29, 0.717) is 0 Å². The third kappa shape index (κ3) is 3.06. The van der Waals surface area contributed by atoms with E-state index in [9.17, 15) is 14.4 Å². The Kier molecular flexibility index (Phi) is 3.83. The standard InChI is InChI=1S/C17H20N2O4/c1-11-3-5-12(6-4-11)10-23-14(20)9-19-15(21)17(2,13-7-8-13)18-16(19)22/h3-6,13H,7-10H2,1-2H3,(H,18,22). The maximum absolute atomic E-state index is 12.4. The number of nitrogens with zero attached hydrogens (tertiary/aromatic N) is 1. The van der Waals surface area contributed by atoms with Gasteiger partial charge in [0, 0.05) is 0 Å². The number of carbonyl (C=O) groups excluding carboxylic acids is 3. The van der Waals surface area contributed by atoms with E-state index in [2.05, 4.69) is 5.32 Å². The largest absolute Gasteiger partial charge is 0.459 e. The predicted molar refractivity (Wildman–Crippen MR) is 82.3 cm³/mol. The Bertz CT molecular complexity index is 651. The summed E-state index contributed by atoms with van der Waals surface area (Å²) in [6.07, 6.45) is 1.85. The Balaban J connectivity index is 1.56. The predicted octanol–water partition coefficient (Wildman–Crippen LogP) is 1.76. The van der Waals surface area contributed by atoms with Gasteiger partial charge < -0.3 is 10.1 Å². The lowest BCUT2D eigenvalue weighted by atomic mass is 9.96. The van der Waals surface area contributed by atoms with Crippen LogP contribution in [0.5, 0.6) is 0 Å². The third-order valence-corrected chi connectivity index (χ3v) is 4.50. The summed E-state index contributed by atoms with van der Waals surface area (Å²) >= 11 is 0. The molecule has 6 heteroatoms. The number of imide groups is 1. The first-order chi connectivity index (χ1) is 10.9. The molecule has 3 rings (SSSR count). The van der Waals surface area contributed by atoms with Crippen LogP contribution in [0.2, 0.25) is 0 Å². The molecule has 1 saturated carbocycles. The van der Waals surface area contributed by atoms with E-state index < -0.39 is 17.5 Å². The number of ether oxygens (including phenoxy) is 1. The molecule has 0 bridgehead atoms. The summed E-state index contributed by atoms with van der Waals surface area (Å²) in [5, 5.41) is 2.71. The van der Waals surface area contributed by atoms with Crippen molar-refractivity contribution in [1.29, 1.82) is 0 Å². The average molecular weight is 316 g/mol. The maximum Gasteiger partial charge on any atom is 0.326 e. The van der Waals surface area contributed by atoms with Crippen molar-refractivity contribution in [1.82, 2.24) is 10.2 Å². The number of hydrogen-bond acceptors (Lipinski definition) is 4. The second-order valence-electron chi connectivity index (χ2n) is 6.44. The topological polar surface area (TPSA) is 75.7 Å². The Morgan fingerprint density at radius 2 is 1.96 bits per heavy atom. The Morgan fingerprint density at radius 3 is 2.57 bits per heavy atom. The van der Waals surface area contributed by atoms with Crippen molar-refractivity contribution in [3.8, 4) is 0 Å². The van der Waals surface area contributed by atoms with Crippen molar-refractivity contribution in [3.63, 3.8) is 0 Å². The number of urea groups is 1. The number of esters is 1. The first-order valence-electron chi connectivity index (χ1n) is 7.75. The molecule has 3 amide bonds. The fourth-order valence-electron chi connectivity index (χ4n) is 2.82. The second-order valence-corrected chi connectivity index (χ2v) is 6.44. The van der Waals surface area contributed by atoms with E-state index in [4.69, 9.17) is 4.74 Å². The number of aryl methyl sites for hydroxylation is 1. The van der Waals surface area contributed by atoms with Crippen LogP contribution in [0.1, 0.15) is 30.9 Å². The number of benzene rings is 1. The number of amides is 3. The number of nitrogens with one attached hydrogen (secondary N) is 1. The summed E-state index contributed by atoms with van der Waals surface area (Å²) in [6, 6.07) is 7.10. The van der Waals surface area contributed by atoms with Crippen molar-refractivity contribution in [3.05, 3.63) is 35.4 Å². The molecule has 1 unspecified atom stereocenters. The van der Waals surface area contributed by atoms with Crippen LogP contribution >= 0.6 is 0 Å². The van der Waals surface area contributed by atoms with Crippen LogP contribution in [-0.2, 0) is 20.9 Å². The molecule has 1 aliphatic carbocycles. The van der Waals surface area contributed by atoms with E-state index in [-0.39, 0.29) is 25.0 Å². The first kappa shape index (κ1) is 15.5. The SMILES string of the molecule is Cc1ccc(COC(=O)CN2C(=O)NC(C)(C3CC3)C2=O)cc1. The normalized spacial score (nSPS) is 23.8. The minimum Gasteiger partial charge on any atom is -0.459 e. The van der Waals surface area contributed by atoms with Crippen molar-refractivity contribution >= 4 is 17.9 Å². The van der Waals surface area contributed by atoms with Gasteiger partial charge in [0.2, 0.25) is 0 Å². The van der Waals surface area contributed by atoms with Gasteiger partial charge >= 0.3 is 12.0 Å². The van der Waals surface area contributed by atoms with Gasteiger partial charge in [0.1, 0.15) is 18.7 Å². The minimum absolute atomic E-state index is 0.128. The molecule has 6 nitrogen and oxygen atoms in total. The molecule has 1 saturated heterocycles. The fraction of sp³-hybridized carbons (Fsp3) is 0.471. The second kappa shape index (κ2) is 5.68. The molecular formula is C17H20N2O4. The molecule has 1 atom stereocenters. The van der Waals surface area contributed by atoms with E-state index in [1.807, 2.05) is 31.2 Å². The summed E-state index contributed by atoms with van der Waals surface area (Å²) in [5.41, 5.74) is 1.12. The van der Waals surface area contributed by atoms with Crippen LogP contribution < -0.4 is 5.32 Å². The van der Waals surface area contributed by atoms with E-state index in [1.165, 1.54) is 0 Å². The zero-order valence-electron chi connectivity index (χ0n) is 13.3. The molecule has 0 aromatic heterocycles. The Labute approximate surface area is 134 Å². The van der Waals surface area contributed by atoms with Gasteiger partial charge in [0.05, 0.1) is 0 Å². The van der Waals surface area contributed by atoms with Crippen LogP contribution in [0.15, 0.2) is 24.3 Å². The molecule has 0 spiro atoms. The summed E-state index contributed by atoms with van der Waals surface area (Å²) in [7, 11) is 0. The van der Waals surface area contributed by atoms with E-state index in [0.717, 1.165) is 28.9 Å². The van der Waals surface area contributed by atoms with Crippen LogP contribution in [0.3, 0.4) is 0 Å². The third-order valence-electron chi connectivity index (χ3n) is 4.50. The fourth-order valence-corrected chi connectivity index (χ4v) is 2.82. The Morgan fingerprint density at radius 1 is 1.30 bits per heavy atom. The molecule has 23 heavy (non-hydrogen) atoms. The first-order valence-corrected chi connectivity index (χ1v) is 7.75. The van der Waals surface area contributed by atoms with Crippen LogP contribution in [-0.4, -0.2) is 34.9 Å². The lowest BCUT2D eigenvalue weighted by Crippen LogP contribution is -2.46. The molecule has 1 N–H and O–H groups in total. The molecule has 0 radical (unpaired) electrons. The number of hydrogen-bond donors (Lipinski definition) is 1. The average Bonchev–Trinajstić information content (AvgIpc) is 3.33. The minimum atomic E-state index is -0.867. The van der Waals surface area contributed by atoms with Gasteiger partial charge in [0.25, 0.3) is 5.91 Å². The highest BCUT2D eigenvalue weighted by Gasteiger charge is 2.56.